The van der Waals surface area contributed by atoms with Gasteiger partial charge in [0.1, 0.15) is 17.0 Å². The van der Waals surface area contributed by atoms with Gasteiger partial charge < -0.3 is 14.0 Å². The molecule has 126 valence electrons. The number of benzene rings is 1. The molecule has 1 aliphatic heterocycles. The topological polar surface area (TPSA) is 53.3 Å². The van der Waals surface area contributed by atoms with Gasteiger partial charge in [0.05, 0.1) is 19.3 Å². The number of fused-ring (bicyclic) bond motifs is 1. The number of para-hydroxylation sites is 1. The minimum atomic E-state index is -0.396. The summed E-state index contributed by atoms with van der Waals surface area (Å²) in [5, 5.41) is 0.519. The fourth-order valence-electron chi connectivity index (χ4n) is 4.06. The molecule has 0 N–H and O–H groups in total. The van der Waals surface area contributed by atoms with Gasteiger partial charge in [-0.25, -0.2) is 9.78 Å². The minimum Gasteiger partial charge on any atom is -0.487 e. The molecule has 4 rings (SSSR count). The summed E-state index contributed by atoms with van der Waals surface area (Å²) < 4.78 is 13.2. The molecule has 0 saturated heterocycles. The highest BCUT2D eigenvalue weighted by Crippen LogP contribution is 2.49. The molecule has 2 aliphatic rings. The van der Waals surface area contributed by atoms with Crippen LogP contribution in [0.3, 0.4) is 0 Å². The summed E-state index contributed by atoms with van der Waals surface area (Å²) in [6.45, 7) is 0. The molecule has 1 aromatic carbocycles. The van der Waals surface area contributed by atoms with Crippen molar-refractivity contribution in [2.45, 2.75) is 48.9 Å². The fraction of sp³-hybridized carbons (Fsp3) is 0.444. The number of carbonyl (C=O) groups is 1. The van der Waals surface area contributed by atoms with E-state index in [0.717, 1.165) is 30.6 Å². The Bertz CT molecular complexity index is 780. The number of rotatable bonds is 2. The Morgan fingerprint density at radius 3 is 2.88 bits per heavy atom. The molecule has 0 bridgehead atoms. The third-order valence-electron chi connectivity index (χ3n) is 5.17. The van der Waals surface area contributed by atoms with Crippen molar-refractivity contribution in [3.8, 4) is 5.75 Å². The first-order valence-electron chi connectivity index (χ1n) is 8.26. The van der Waals surface area contributed by atoms with Gasteiger partial charge in [0.2, 0.25) is 0 Å². The Balaban J connectivity index is 1.85. The average Bonchev–Trinajstić information content (AvgIpc) is 3.20. The molecule has 1 unspecified atom stereocenters. The number of hydrogen-bond acceptors (Lipinski definition) is 5. The van der Waals surface area contributed by atoms with Gasteiger partial charge in [-0.05, 0) is 31.7 Å². The van der Waals surface area contributed by atoms with Gasteiger partial charge in [0.15, 0.2) is 5.16 Å². The first kappa shape index (κ1) is 15.6. The second-order valence-corrected chi connectivity index (χ2v) is 6.95. The van der Waals surface area contributed by atoms with Crippen molar-refractivity contribution in [3.05, 3.63) is 41.7 Å². The maximum absolute atomic E-state index is 12.2. The van der Waals surface area contributed by atoms with E-state index in [-0.39, 0.29) is 11.6 Å². The van der Waals surface area contributed by atoms with Crippen LogP contribution in [0.25, 0.3) is 0 Å². The predicted octanol–water partition coefficient (Wildman–Crippen LogP) is 3.64. The van der Waals surface area contributed by atoms with E-state index in [1.54, 1.807) is 0 Å². The molecular weight excluding hydrogens is 324 g/mol. The third-order valence-corrected chi connectivity index (χ3v) is 5.50. The van der Waals surface area contributed by atoms with Crippen LogP contribution in [0.5, 0.6) is 5.75 Å². The van der Waals surface area contributed by atoms with E-state index in [9.17, 15) is 4.79 Å². The Kier molecular flexibility index (Phi) is 3.79. The number of methoxy groups -OCH3 is 1. The largest absolute Gasteiger partial charge is 0.487 e. The minimum absolute atomic E-state index is 0.0304. The van der Waals surface area contributed by atoms with Crippen molar-refractivity contribution in [2.24, 2.45) is 0 Å². The molecular formula is C18H20N2O3S. The van der Waals surface area contributed by atoms with Crippen molar-refractivity contribution >= 4 is 18.6 Å². The molecule has 1 saturated carbocycles. The summed E-state index contributed by atoms with van der Waals surface area (Å²) >= 11 is 4.49. The zero-order valence-electron chi connectivity index (χ0n) is 13.6. The van der Waals surface area contributed by atoms with Gasteiger partial charge >= 0.3 is 5.97 Å². The standard InChI is InChI=1S/C18H20N2O3S/c1-22-16(21)14-11-19-17(24)20(14)13-10-18(8-4-5-9-18)23-15-7-3-2-6-12(13)15/h2-3,6-7,11,13H,4-5,8-10H2,1H3,(H,19,24). The molecule has 1 aromatic heterocycles. The van der Waals surface area contributed by atoms with Gasteiger partial charge in [0, 0.05) is 12.0 Å². The quantitative estimate of drug-likeness (QED) is 0.667. The highest BCUT2D eigenvalue weighted by atomic mass is 32.1. The second kappa shape index (κ2) is 5.84. The lowest BCUT2D eigenvalue weighted by atomic mass is 9.85. The van der Waals surface area contributed by atoms with Gasteiger partial charge in [0.25, 0.3) is 0 Å². The number of nitrogens with zero attached hydrogens (tertiary/aromatic N) is 2. The Morgan fingerprint density at radius 2 is 2.12 bits per heavy atom. The molecule has 5 nitrogen and oxygen atoms in total. The lowest BCUT2D eigenvalue weighted by Crippen LogP contribution is -2.40. The molecule has 1 atom stereocenters. The van der Waals surface area contributed by atoms with Crippen LogP contribution >= 0.6 is 12.6 Å². The lowest BCUT2D eigenvalue weighted by molar-refractivity contribution is 0.0343. The van der Waals surface area contributed by atoms with Crippen molar-refractivity contribution in [3.63, 3.8) is 0 Å². The average molecular weight is 344 g/mol. The van der Waals surface area contributed by atoms with Crippen LogP contribution in [-0.2, 0) is 4.74 Å². The number of aromatic nitrogens is 2. The zero-order chi connectivity index (χ0) is 16.7. The first-order valence-corrected chi connectivity index (χ1v) is 8.71. The van der Waals surface area contributed by atoms with E-state index in [1.165, 1.54) is 26.1 Å². The normalized spacial score (nSPS) is 21.3. The number of ether oxygens (including phenoxy) is 2. The summed E-state index contributed by atoms with van der Waals surface area (Å²) in [5.41, 5.74) is 1.34. The highest BCUT2D eigenvalue weighted by molar-refractivity contribution is 7.80. The van der Waals surface area contributed by atoms with E-state index in [2.05, 4.69) is 23.7 Å². The van der Waals surface area contributed by atoms with E-state index in [0.29, 0.717) is 10.9 Å². The molecule has 0 amide bonds. The van der Waals surface area contributed by atoms with Crippen LogP contribution in [0.2, 0.25) is 0 Å². The molecule has 2 heterocycles. The molecule has 0 radical (unpaired) electrons. The second-order valence-electron chi connectivity index (χ2n) is 6.55. The van der Waals surface area contributed by atoms with Crippen molar-refractivity contribution in [1.82, 2.24) is 9.55 Å². The van der Waals surface area contributed by atoms with Crippen LogP contribution < -0.4 is 4.74 Å². The first-order chi connectivity index (χ1) is 11.6. The predicted molar refractivity (Wildman–Crippen MR) is 91.8 cm³/mol. The fourth-order valence-corrected chi connectivity index (χ4v) is 4.36. The lowest BCUT2D eigenvalue weighted by Gasteiger charge is -2.41. The van der Waals surface area contributed by atoms with Crippen LogP contribution in [0.1, 0.15) is 54.2 Å². The molecule has 6 heteroatoms. The number of imidazole rings is 1. The van der Waals surface area contributed by atoms with E-state index in [1.807, 2.05) is 22.8 Å². The van der Waals surface area contributed by atoms with Crippen molar-refractivity contribution in [1.29, 1.82) is 0 Å². The smallest absolute Gasteiger partial charge is 0.356 e. The van der Waals surface area contributed by atoms with E-state index >= 15 is 0 Å². The van der Waals surface area contributed by atoms with Crippen LogP contribution in [0, 0.1) is 0 Å². The van der Waals surface area contributed by atoms with Gasteiger partial charge in [-0.3, -0.25) is 0 Å². The summed E-state index contributed by atoms with van der Waals surface area (Å²) in [7, 11) is 1.38. The number of esters is 1. The summed E-state index contributed by atoms with van der Waals surface area (Å²) in [6.07, 6.45) is 6.79. The SMILES string of the molecule is COC(=O)c1cnc(S)n1C1CC2(CCCC2)Oc2ccccc21. The highest BCUT2D eigenvalue weighted by Gasteiger charge is 2.44. The summed E-state index contributed by atoms with van der Waals surface area (Å²) in [4.78, 5) is 16.4. The molecule has 1 spiro atoms. The molecule has 1 aliphatic carbocycles. The van der Waals surface area contributed by atoms with E-state index in [4.69, 9.17) is 9.47 Å². The van der Waals surface area contributed by atoms with Crippen molar-refractivity contribution in [2.75, 3.05) is 7.11 Å². The van der Waals surface area contributed by atoms with Gasteiger partial charge in [-0.2, -0.15) is 0 Å². The Morgan fingerprint density at radius 1 is 1.38 bits per heavy atom. The molecule has 2 aromatic rings. The Hall–Kier alpha value is -1.95. The van der Waals surface area contributed by atoms with Crippen molar-refractivity contribution < 1.29 is 14.3 Å². The maximum atomic E-state index is 12.2. The summed E-state index contributed by atoms with van der Waals surface area (Å²) in [6, 6.07) is 8.01. The van der Waals surface area contributed by atoms with E-state index < -0.39 is 5.97 Å². The van der Waals surface area contributed by atoms with Crippen LogP contribution in [0.15, 0.2) is 35.6 Å². The van der Waals surface area contributed by atoms with Crippen LogP contribution in [-0.4, -0.2) is 28.2 Å². The molecule has 1 fully saturated rings. The van der Waals surface area contributed by atoms with Crippen LogP contribution in [0.4, 0.5) is 0 Å². The number of thiol groups is 1. The zero-order valence-corrected chi connectivity index (χ0v) is 14.5. The van der Waals surface area contributed by atoms with Gasteiger partial charge in [-0.15, -0.1) is 12.6 Å². The maximum Gasteiger partial charge on any atom is 0.356 e. The number of hydrogen-bond donors (Lipinski definition) is 1. The monoisotopic (exact) mass is 344 g/mol. The number of carbonyl (C=O) groups excluding carboxylic acids is 1. The summed E-state index contributed by atoms with van der Waals surface area (Å²) in [5.74, 6) is 0.500. The Labute approximate surface area is 146 Å². The third kappa shape index (κ3) is 2.40. The molecule has 24 heavy (non-hydrogen) atoms. The van der Waals surface area contributed by atoms with Gasteiger partial charge in [-0.1, -0.05) is 18.2 Å².